The Morgan fingerprint density at radius 1 is 1.37 bits per heavy atom. The van der Waals surface area contributed by atoms with Gasteiger partial charge in [0.15, 0.2) is 0 Å². The molecule has 0 heterocycles. The molecule has 0 spiro atoms. The minimum absolute atomic E-state index is 0.0206. The third kappa shape index (κ3) is 2.79. The minimum Gasteiger partial charge on any atom is -0.465 e. The van der Waals surface area contributed by atoms with Crippen LogP contribution in [-0.2, 0) is 14.8 Å². The summed E-state index contributed by atoms with van der Waals surface area (Å²) in [6.07, 6.45) is 0.798. The van der Waals surface area contributed by atoms with Crippen LogP contribution in [0.3, 0.4) is 0 Å². The lowest BCUT2D eigenvalue weighted by Crippen LogP contribution is -2.30. The van der Waals surface area contributed by atoms with Gasteiger partial charge >= 0.3 is 5.97 Å². The summed E-state index contributed by atoms with van der Waals surface area (Å²) < 4.78 is 31.8. The number of carbonyl (C=O) groups is 1. The summed E-state index contributed by atoms with van der Waals surface area (Å²) in [6.45, 7) is 3.98. The number of carbonyl (C=O) groups excluding carboxylic acids is 1. The number of sulfonamides is 1. The van der Waals surface area contributed by atoms with Gasteiger partial charge in [0.2, 0.25) is 10.0 Å². The van der Waals surface area contributed by atoms with E-state index < -0.39 is 16.0 Å². The predicted octanol–water partition coefficient (Wildman–Crippen LogP) is 1.55. The maximum absolute atomic E-state index is 12.3. The van der Waals surface area contributed by atoms with Crippen molar-refractivity contribution in [3.05, 3.63) is 29.8 Å². The molecule has 2 rings (SSSR count). The van der Waals surface area contributed by atoms with Crippen molar-refractivity contribution in [1.29, 1.82) is 0 Å². The summed E-state index contributed by atoms with van der Waals surface area (Å²) in [5.74, 6) is -0.656. The van der Waals surface area contributed by atoms with Crippen LogP contribution >= 0.6 is 0 Å². The lowest BCUT2D eigenvalue weighted by atomic mass is 10.2. The van der Waals surface area contributed by atoms with Crippen molar-refractivity contribution in [2.45, 2.75) is 31.2 Å². The van der Waals surface area contributed by atoms with Gasteiger partial charge in [0.1, 0.15) is 0 Å². The number of esters is 1. The summed E-state index contributed by atoms with van der Waals surface area (Å²) in [5.41, 5.74) is 0.0313. The molecule has 104 valence electrons. The fourth-order valence-electron chi connectivity index (χ4n) is 1.90. The molecule has 0 aromatic heterocycles. The first-order valence-electron chi connectivity index (χ1n) is 5.97. The molecule has 0 amide bonds. The maximum Gasteiger partial charge on any atom is 0.339 e. The monoisotopic (exact) mass is 283 g/mol. The molecule has 19 heavy (non-hydrogen) atoms. The first-order chi connectivity index (χ1) is 8.78. The molecule has 0 radical (unpaired) electrons. The molecule has 1 fully saturated rings. The van der Waals surface area contributed by atoms with Crippen LogP contribution in [0, 0.1) is 5.41 Å². The largest absolute Gasteiger partial charge is 0.465 e. The number of ether oxygens (including phenoxy) is 1. The third-order valence-corrected chi connectivity index (χ3v) is 4.92. The normalized spacial score (nSPS) is 20.9. The van der Waals surface area contributed by atoms with Gasteiger partial charge in [-0.25, -0.2) is 17.9 Å². The number of benzene rings is 1. The molecule has 0 bridgehead atoms. The Labute approximate surface area is 113 Å². The van der Waals surface area contributed by atoms with Crippen molar-refractivity contribution in [1.82, 2.24) is 4.72 Å². The predicted molar refractivity (Wildman–Crippen MR) is 70.3 cm³/mol. The number of nitrogens with one attached hydrogen (secondary N) is 1. The Bertz CT molecular complexity index is 607. The molecule has 5 nitrogen and oxygen atoms in total. The number of hydrogen-bond donors (Lipinski definition) is 1. The van der Waals surface area contributed by atoms with Gasteiger partial charge in [0.05, 0.1) is 17.6 Å². The van der Waals surface area contributed by atoms with E-state index in [0.717, 1.165) is 6.42 Å². The SMILES string of the molecule is COC(=O)c1ccccc1S(=O)(=O)NC1CC1(C)C. The van der Waals surface area contributed by atoms with Crippen LogP contribution in [0.1, 0.15) is 30.6 Å². The van der Waals surface area contributed by atoms with Crippen LogP contribution in [0.5, 0.6) is 0 Å². The van der Waals surface area contributed by atoms with Crippen LogP contribution in [0.15, 0.2) is 29.2 Å². The van der Waals surface area contributed by atoms with E-state index in [1.165, 1.54) is 19.2 Å². The van der Waals surface area contributed by atoms with E-state index in [4.69, 9.17) is 0 Å². The average Bonchev–Trinajstić information content (AvgIpc) is 2.94. The van der Waals surface area contributed by atoms with Gasteiger partial charge in [0, 0.05) is 6.04 Å². The quantitative estimate of drug-likeness (QED) is 0.851. The first kappa shape index (κ1) is 14.0. The van der Waals surface area contributed by atoms with Crippen molar-refractivity contribution in [2.75, 3.05) is 7.11 Å². The lowest BCUT2D eigenvalue weighted by Gasteiger charge is -2.11. The minimum atomic E-state index is -3.70. The van der Waals surface area contributed by atoms with Crippen molar-refractivity contribution >= 4 is 16.0 Å². The Kier molecular flexibility index (Phi) is 3.40. The standard InChI is InChI=1S/C13H17NO4S/c1-13(2)8-11(13)14-19(16,17)10-7-5-4-6-9(10)12(15)18-3/h4-7,11,14H,8H2,1-3H3. The Hall–Kier alpha value is -1.40. The molecule has 1 aromatic carbocycles. The zero-order chi connectivity index (χ0) is 14.3. The highest BCUT2D eigenvalue weighted by atomic mass is 32.2. The molecule has 1 N–H and O–H groups in total. The van der Waals surface area contributed by atoms with E-state index >= 15 is 0 Å². The second-order valence-electron chi connectivity index (χ2n) is 5.35. The summed E-state index contributed by atoms with van der Waals surface area (Å²) in [6, 6.07) is 5.96. The molecular formula is C13H17NO4S. The molecule has 0 saturated heterocycles. The van der Waals surface area contributed by atoms with Crippen molar-refractivity contribution in [3.63, 3.8) is 0 Å². The molecule has 1 aromatic rings. The van der Waals surface area contributed by atoms with Gasteiger partial charge in [0.25, 0.3) is 0 Å². The highest BCUT2D eigenvalue weighted by Gasteiger charge is 2.48. The molecule has 1 atom stereocenters. The second-order valence-corrected chi connectivity index (χ2v) is 7.04. The topological polar surface area (TPSA) is 72.5 Å². The summed E-state index contributed by atoms with van der Waals surface area (Å²) in [5, 5.41) is 0. The van der Waals surface area contributed by atoms with Gasteiger partial charge < -0.3 is 4.74 Å². The fraction of sp³-hybridized carbons (Fsp3) is 0.462. The zero-order valence-corrected chi connectivity index (χ0v) is 12.0. The Morgan fingerprint density at radius 2 is 1.95 bits per heavy atom. The molecule has 1 aliphatic carbocycles. The average molecular weight is 283 g/mol. The Balaban J connectivity index is 2.33. The molecule has 1 aliphatic rings. The van der Waals surface area contributed by atoms with E-state index in [1.54, 1.807) is 12.1 Å². The van der Waals surface area contributed by atoms with E-state index in [9.17, 15) is 13.2 Å². The third-order valence-electron chi connectivity index (χ3n) is 3.39. The highest BCUT2D eigenvalue weighted by Crippen LogP contribution is 2.45. The van der Waals surface area contributed by atoms with Crippen molar-refractivity contribution in [3.8, 4) is 0 Å². The molecular weight excluding hydrogens is 266 g/mol. The van der Waals surface area contributed by atoms with Crippen LogP contribution in [0.4, 0.5) is 0 Å². The van der Waals surface area contributed by atoms with E-state index in [-0.39, 0.29) is 21.9 Å². The summed E-state index contributed by atoms with van der Waals surface area (Å²) in [4.78, 5) is 11.6. The first-order valence-corrected chi connectivity index (χ1v) is 7.46. The van der Waals surface area contributed by atoms with Crippen molar-refractivity contribution in [2.24, 2.45) is 5.41 Å². The molecule has 0 aliphatic heterocycles. The lowest BCUT2D eigenvalue weighted by molar-refractivity contribution is 0.0596. The zero-order valence-electron chi connectivity index (χ0n) is 11.1. The van der Waals surface area contributed by atoms with Crippen LogP contribution in [0.2, 0.25) is 0 Å². The maximum atomic E-state index is 12.3. The molecule has 1 unspecified atom stereocenters. The molecule has 1 saturated carbocycles. The Morgan fingerprint density at radius 3 is 2.47 bits per heavy atom. The highest BCUT2D eigenvalue weighted by molar-refractivity contribution is 7.89. The van der Waals surface area contributed by atoms with Gasteiger partial charge in [-0.1, -0.05) is 26.0 Å². The summed E-state index contributed by atoms with van der Waals surface area (Å²) in [7, 11) is -2.48. The van der Waals surface area contributed by atoms with Gasteiger partial charge in [-0.15, -0.1) is 0 Å². The van der Waals surface area contributed by atoms with E-state index in [2.05, 4.69) is 9.46 Å². The van der Waals surface area contributed by atoms with Crippen LogP contribution in [0.25, 0.3) is 0 Å². The van der Waals surface area contributed by atoms with E-state index in [1.807, 2.05) is 13.8 Å². The molecule has 6 heteroatoms. The smallest absolute Gasteiger partial charge is 0.339 e. The fourth-order valence-corrected chi connectivity index (χ4v) is 3.50. The van der Waals surface area contributed by atoms with E-state index in [0.29, 0.717) is 0 Å². The van der Waals surface area contributed by atoms with Crippen LogP contribution in [-0.4, -0.2) is 27.5 Å². The second kappa shape index (κ2) is 4.61. The van der Waals surface area contributed by atoms with Crippen LogP contribution < -0.4 is 4.72 Å². The number of rotatable bonds is 4. The van der Waals surface area contributed by atoms with Gasteiger partial charge in [-0.05, 0) is 24.0 Å². The van der Waals surface area contributed by atoms with Gasteiger partial charge in [-0.2, -0.15) is 0 Å². The summed E-state index contributed by atoms with van der Waals surface area (Å²) >= 11 is 0. The van der Waals surface area contributed by atoms with Gasteiger partial charge in [-0.3, -0.25) is 0 Å². The van der Waals surface area contributed by atoms with Crippen molar-refractivity contribution < 1.29 is 17.9 Å². The number of methoxy groups -OCH3 is 1. The number of hydrogen-bond acceptors (Lipinski definition) is 4.